The van der Waals surface area contributed by atoms with E-state index in [1.54, 1.807) is 0 Å². The molecular weight excluding hydrogens is 312 g/mol. The van der Waals surface area contributed by atoms with Gasteiger partial charge in [-0.05, 0) is 5.56 Å². The van der Waals surface area contributed by atoms with Crippen LogP contribution in [0.1, 0.15) is 29.7 Å². The van der Waals surface area contributed by atoms with Gasteiger partial charge in [0.2, 0.25) is 0 Å². The Morgan fingerprint density at radius 3 is 1.60 bits per heavy atom. The third kappa shape index (κ3) is 3.32. The summed E-state index contributed by atoms with van der Waals surface area (Å²) in [5.41, 5.74) is 0.785. The Morgan fingerprint density at radius 1 is 0.800 bits per heavy atom. The summed E-state index contributed by atoms with van der Waals surface area (Å²) in [5.74, 6) is -0.456. The predicted molar refractivity (Wildman–Crippen MR) is 96.8 cm³/mol. The van der Waals surface area contributed by atoms with E-state index >= 15 is 0 Å². The van der Waals surface area contributed by atoms with Crippen molar-refractivity contribution in [2.45, 2.75) is 18.6 Å². The molecule has 3 aromatic rings. The highest BCUT2D eigenvalue weighted by Gasteiger charge is 2.45. The second-order valence-corrected chi connectivity index (χ2v) is 5.87. The molecule has 0 radical (unpaired) electrons. The van der Waals surface area contributed by atoms with Crippen LogP contribution in [0.5, 0.6) is 0 Å². The molecular formula is C22H20O3. The molecule has 1 atom stereocenters. The van der Waals surface area contributed by atoms with Crippen molar-refractivity contribution in [3.05, 3.63) is 108 Å². The van der Waals surface area contributed by atoms with Crippen LogP contribution in [-0.2, 0) is 15.1 Å². The number of hydrogen-bond donors (Lipinski definition) is 1. The average Bonchev–Trinajstić information content (AvgIpc) is 2.67. The Hall–Kier alpha value is -2.91. The van der Waals surface area contributed by atoms with Crippen molar-refractivity contribution >= 4 is 5.97 Å². The molecule has 25 heavy (non-hydrogen) atoms. The van der Waals surface area contributed by atoms with E-state index in [0.29, 0.717) is 16.7 Å². The van der Waals surface area contributed by atoms with Gasteiger partial charge in [0.1, 0.15) is 6.10 Å². The molecule has 1 N–H and O–H groups in total. The maximum Gasteiger partial charge on any atom is 0.303 e. The summed E-state index contributed by atoms with van der Waals surface area (Å²) < 4.78 is 5.84. The second-order valence-electron chi connectivity index (χ2n) is 5.87. The van der Waals surface area contributed by atoms with E-state index < -0.39 is 17.7 Å². The molecule has 0 amide bonds. The molecule has 0 bridgehead atoms. The van der Waals surface area contributed by atoms with E-state index in [4.69, 9.17) is 4.74 Å². The zero-order valence-corrected chi connectivity index (χ0v) is 14.0. The summed E-state index contributed by atoms with van der Waals surface area (Å²) >= 11 is 0. The third-order valence-corrected chi connectivity index (χ3v) is 4.21. The van der Waals surface area contributed by atoms with Gasteiger partial charge in [-0.3, -0.25) is 4.79 Å². The van der Waals surface area contributed by atoms with Gasteiger partial charge in [-0.25, -0.2) is 0 Å². The molecule has 0 fully saturated rings. The van der Waals surface area contributed by atoms with Crippen molar-refractivity contribution in [3.8, 4) is 0 Å². The van der Waals surface area contributed by atoms with Gasteiger partial charge in [0.05, 0.1) is 0 Å². The average molecular weight is 332 g/mol. The molecule has 0 unspecified atom stereocenters. The van der Waals surface area contributed by atoms with Crippen molar-refractivity contribution in [2.24, 2.45) is 0 Å². The van der Waals surface area contributed by atoms with E-state index in [9.17, 15) is 9.90 Å². The normalized spacial score (nSPS) is 12.4. The van der Waals surface area contributed by atoms with Crippen molar-refractivity contribution < 1.29 is 14.6 Å². The number of ether oxygens (including phenoxy) is 1. The summed E-state index contributed by atoms with van der Waals surface area (Å²) in [7, 11) is 0. The lowest BCUT2D eigenvalue weighted by Crippen LogP contribution is -2.39. The Labute approximate surface area is 147 Å². The fourth-order valence-corrected chi connectivity index (χ4v) is 3.12. The predicted octanol–water partition coefficient (Wildman–Crippen LogP) is 4.23. The summed E-state index contributed by atoms with van der Waals surface area (Å²) in [4.78, 5) is 12.0. The molecule has 3 nitrogen and oxygen atoms in total. The maximum absolute atomic E-state index is 12.0. The van der Waals surface area contributed by atoms with E-state index in [2.05, 4.69) is 0 Å². The topological polar surface area (TPSA) is 46.5 Å². The van der Waals surface area contributed by atoms with Crippen LogP contribution in [0.3, 0.4) is 0 Å². The van der Waals surface area contributed by atoms with Crippen molar-refractivity contribution in [1.29, 1.82) is 0 Å². The Bertz CT molecular complexity index is 774. The first-order valence-corrected chi connectivity index (χ1v) is 8.18. The highest BCUT2D eigenvalue weighted by Crippen LogP contribution is 2.44. The number of aliphatic hydroxyl groups is 1. The number of rotatable bonds is 5. The molecule has 0 saturated carbocycles. The van der Waals surface area contributed by atoms with Crippen LogP contribution in [0, 0.1) is 0 Å². The highest BCUT2D eigenvalue weighted by atomic mass is 16.6. The number of benzene rings is 3. The van der Waals surface area contributed by atoms with Crippen LogP contribution < -0.4 is 0 Å². The lowest BCUT2D eigenvalue weighted by atomic mass is 9.78. The standard InChI is InChI=1S/C22H20O3/c1-17(23)25-22(19-13-7-3-8-14-19,20-15-9-4-10-16-20)21(24)18-11-5-2-6-12-18/h2-16,21,24H,1H3/t21-/m1/s1. The lowest BCUT2D eigenvalue weighted by Gasteiger charge is -2.38. The molecule has 3 aromatic carbocycles. The minimum Gasteiger partial charge on any atom is -0.446 e. The minimum atomic E-state index is -1.32. The van der Waals surface area contributed by atoms with E-state index in [1.807, 2.05) is 91.0 Å². The van der Waals surface area contributed by atoms with Gasteiger partial charge in [-0.15, -0.1) is 0 Å². The van der Waals surface area contributed by atoms with Crippen molar-refractivity contribution in [1.82, 2.24) is 0 Å². The minimum absolute atomic E-state index is 0.456. The third-order valence-electron chi connectivity index (χ3n) is 4.21. The summed E-state index contributed by atoms with van der Waals surface area (Å²) in [5, 5.41) is 11.3. The van der Waals surface area contributed by atoms with Crippen molar-refractivity contribution in [2.75, 3.05) is 0 Å². The maximum atomic E-state index is 12.0. The SMILES string of the molecule is CC(=O)OC(c1ccccc1)(c1ccccc1)[C@H](O)c1ccccc1. The smallest absolute Gasteiger partial charge is 0.303 e. The molecule has 3 heteroatoms. The van der Waals surface area contributed by atoms with Crippen LogP contribution in [0.15, 0.2) is 91.0 Å². The van der Waals surface area contributed by atoms with Gasteiger partial charge >= 0.3 is 5.97 Å². The first-order valence-electron chi connectivity index (χ1n) is 8.18. The first kappa shape index (κ1) is 16.9. The van der Waals surface area contributed by atoms with Crippen LogP contribution in [0.2, 0.25) is 0 Å². The number of aliphatic hydroxyl groups excluding tert-OH is 1. The molecule has 0 saturated heterocycles. The Kier molecular flexibility index (Phi) is 4.96. The number of hydrogen-bond acceptors (Lipinski definition) is 3. The van der Waals surface area contributed by atoms with E-state index in [-0.39, 0.29) is 0 Å². The van der Waals surface area contributed by atoms with Gasteiger partial charge in [0.25, 0.3) is 0 Å². The Morgan fingerprint density at radius 2 is 1.20 bits per heavy atom. The summed E-state index contributed by atoms with van der Waals surface area (Å²) in [6, 6.07) is 28.0. The molecule has 0 spiro atoms. The highest BCUT2D eigenvalue weighted by molar-refractivity contribution is 5.68. The zero-order chi connectivity index (χ0) is 17.7. The molecule has 0 aliphatic rings. The molecule has 0 heterocycles. The van der Waals surface area contributed by atoms with Gasteiger partial charge in [0.15, 0.2) is 5.60 Å². The van der Waals surface area contributed by atoms with Gasteiger partial charge in [0, 0.05) is 18.1 Å². The van der Waals surface area contributed by atoms with Crippen LogP contribution in [0.25, 0.3) is 0 Å². The number of esters is 1. The van der Waals surface area contributed by atoms with Gasteiger partial charge in [-0.1, -0.05) is 91.0 Å². The van der Waals surface area contributed by atoms with Crippen molar-refractivity contribution in [3.63, 3.8) is 0 Å². The molecule has 126 valence electrons. The van der Waals surface area contributed by atoms with Gasteiger partial charge < -0.3 is 9.84 Å². The van der Waals surface area contributed by atoms with Crippen LogP contribution in [-0.4, -0.2) is 11.1 Å². The number of carbonyl (C=O) groups excluding carboxylic acids is 1. The summed E-state index contributed by atoms with van der Waals surface area (Å²) in [6.45, 7) is 1.36. The molecule has 0 aliphatic carbocycles. The first-order chi connectivity index (χ1) is 12.1. The zero-order valence-electron chi connectivity index (χ0n) is 14.0. The monoisotopic (exact) mass is 332 g/mol. The molecule has 0 aliphatic heterocycles. The summed E-state index contributed by atoms with van der Waals surface area (Å²) in [6.07, 6.45) is -1.05. The second kappa shape index (κ2) is 7.32. The molecule has 3 rings (SSSR count). The van der Waals surface area contributed by atoms with Gasteiger partial charge in [-0.2, -0.15) is 0 Å². The molecule has 0 aromatic heterocycles. The number of carbonyl (C=O) groups is 1. The van der Waals surface area contributed by atoms with E-state index in [0.717, 1.165) is 0 Å². The van der Waals surface area contributed by atoms with Crippen LogP contribution in [0.4, 0.5) is 0 Å². The largest absolute Gasteiger partial charge is 0.446 e. The lowest BCUT2D eigenvalue weighted by molar-refractivity contribution is -0.166. The fourth-order valence-electron chi connectivity index (χ4n) is 3.12. The Balaban J connectivity index is 2.27. The van der Waals surface area contributed by atoms with E-state index in [1.165, 1.54) is 6.92 Å². The van der Waals surface area contributed by atoms with Crippen LogP contribution >= 0.6 is 0 Å². The quantitative estimate of drug-likeness (QED) is 0.711. The fraction of sp³-hybridized carbons (Fsp3) is 0.136.